The number of aromatic nitrogens is 1. The zero-order valence-corrected chi connectivity index (χ0v) is 10.7. The molecule has 0 spiro atoms. The second-order valence-electron chi connectivity index (χ2n) is 4.38. The topological polar surface area (TPSA) is 14.2 Å². The lowest BCUT2D eigenvalue weighted by Gasteiger charge is -2.12. The Kier molecular flexibility index (Phi) is 3.52. The molecule has 0 atom stereocenters. The molecule has 0 saturated heterocycles. The van der Waals surface area contributed by atoms with Gasteiger partial charge in [0.15, 0.2) is 0 Å². The normalized spacial score (nSPS) is 10.5. The highest BCUT2D eigenvalue weighted by atomic mass is 16.5. The van der Waals surface area contributed by atoms with Crippen LogP contribution in [0.25, 0.3) is 0 Å². The van der Waals surface area contributed by atoms with E-state index in [2.05, 4.69) is 43.5 Å². The van der Waals surface area contributed by atoms with Gasteiger partial charge in [-0.3, -0.25) is 0 Å². The molecule has 0 aliphatic heterocycles. The van der Waals surface area contributed by atoms with E-state index in [1.807, 2.05) is 18.2 Å². The molecule has 0 saturated carbocycles. The van der Waals surface area contributed by atoms with E-state index in [-0.39, 0.29) is 0 Å². The highest BCUT2D eigenvalue weighted by molar-refractivity contribution is 5.31. The van der Waals surface area contributed by atoms with Crippen molar-refractivity contribution >= 4 is 0 Å². The van der Waals surface area contributed by atoms with E-state index in [4.69, 9.17) is 4.74 Å². The van der Waals surface area contributed by atoms with E-state index in [1.54, 1.807) is 0 Å². The molecule has 1 aromatic heterocycles. The van der Waals surface area contributed by atoms with Crippen LogP contribution in [-0.2, 0) is 6.54 Å². The smallest absolute Gasteiger partial charge is 0.122 e. The molecule has 0 aliphatic carbocycles. The lowest BCUT2D eigenvalue weighted by molar-refractivity contribution is 0.294. The summed E-state index contributed by atoms with van der Waals surface area (Å²) < 4.78 is 8.08. The molecule has 17 heavy (non-hydrogen) atoms. The SMILES string of the molecule is Cc1ccccc1OCCn1c(C)ccc1C. The summed E-state index contributed by atoms with van der Waals surface area (Å²) in [4.78, 5) is 0. The van der Waals surface area contributed by atoms with Crippen LogP contribution in [0, 0.1) is 20.8 Å². The molecule has 1 aromatic carbocycles. The second-order valence-corrected chi connectivity index (χ2v) is 4.38. The van der Waals surface area contributed by atoms with Gasteiger partial charge in [-0.1, -0.05) is 18.2 Å². The average molecular weight is 229 g/mol. The van der Waals surface area contributed by atoms with Crippen molar-refractivity contribution < 1.29 is 4.74 Å². The van der Waals surface area contributed by atoms with Gasteiger partial charge >= 0.3 is 0 Å². The number of hydrogen-bond donors (Lipinski definition) is 0. The van der Waals surface area contributed by atoms with Crippen molar-refractivity contribution in [2.75, 3.05) is 6.61 Å². The van der Waals surface area contributed by atoms with Gasteiger partial charge in [-0.25, -0.2) is 0 Å². The van der Waals surface area contributed by atoms with E-state index in [1.165, 1.54) is 17.0 Å². The molecule has 0 amide bonds. The monoisotopic (exact) mass is 229 g/mol. The number of nitrogens with zero attached hydrogens (tertiary/aromatic N) is 1. The number of rotatable bonds is 4. The Balaban J connectivity index is 1.95. The lowest BCUT2D eigenvalue weighted by Crippen LogP contribution is -2.10. The first kappa shape index (κ1) is 11.8. The molecule has 2 heteroatoms. The third-order valence-electron chi connectivity index (χ3n) is 3.08. The van der Waals surface area contributed by atoms with Gasteiger partial charge in [-0.05, 0) is 44.5 Å². The molecular formula is C15H19NO. The third-order valence-corrected chi connectivity index (χ3v) is 3.08. The predicted molar refractivity (Wildman–Crippen MR) is 70.6 cm³/mol. The third kappa shape index (κ3) is 2.70. The molecular weight excluding hydrogens is 210 g/mol. The van der Waals surface area contributed by atoms with Crippen molar-refractivity contribution in [1.82, 2.24) is 4.57 Å². The van der Waals surface area contributed by atoms with Gasteiger partial charge in [0.2, 0.25) is 0 Å². The standard InChI is InChI=1S/C15H19NO/c1-12-6-4-5-7-15(12)17-11-10-16-13(2)8-9-14(16)3/h4-9H,10-11H2,1-3H3. The van der Waals surface area contributed by atoms with Crippen LogP contribution in [0.1, 0.15) is 17.0 Å². The molecule has 0 N–H and O–H groups in total. The first-order chi connectivity index (χ1) is 8.18. The van der Waals surface area contributed by atoms with E-state index in [9.17, 15) is 0 Å². The molecule has 0 fully saturated rings. The maximum Gasteiger partial charge on any atom is 0.122 e. The second kappa shape index (κ2) is 5.09. The van der Waals surface area contributed by atoms with Crippen LogP contribution in [0.3, 0.4) is 0 Å². The lowest BCUT2D eigenvalue weighted by atomic mass is 10.2. The number of para-hydroxylation sites is 1. The Hall–Kier alpha value is -1.70. The van der Waals surface area contributed by atoms with E-state index >= 15 is 0 Å². The number of aryl methyl sites for hydroxylation is 3. The minimum Gasteiger partial charge on any atom is -0.491 e. The van der Waals surface area contributed by atoms with Crippen molar-refractivity contribution in [3.8, 4) is 5.75 Å². The van der Waals surface area contributed by atoms with Gasteiger partial charge in [-0.15, -0.1) is 0 Å². The predicted octanol–water partition coefficient (Wildman–Crippen LogP) is 3.49. The fourth-order valence-electron chi connectivity index (χ4n) is 2.02. The van der Waals surface area contributed by atoms with Gasteiger partial charge in [0.1, 0.15) is 12.4 Å². The largest absolute Gasteiger partial charge is 0.491 e. The summed E-state index contributed by atoms with van der Waals surface area (Å²) in [6.07, 6.45) is 0. The maximum absolute atomic E-state index is 5.80. The molecule has 2 aromatic rings. The van der Waals surface area contributed by atoms with Gasteiger partial charge in [0.25, 0.3) is 0 Å². The van der Waals surface area contributed by atoms with Crippen molar-refractivity contribution in [2.45, 2.75) is 27.3 Å². The first-order valence-corrected chi connectivity index (χ1v) is 5.99. The zero-order valence-electron chi connectivity index (χ0n) is 10.7. The minimum atomic E-state index is 0.710. The Morgan fingerprint density at radius 1 is 0.941 bits per heavy atom. The van der Waals surface area contributed by atoms with Crippen LogP contribution in [0.15, 0.2) is 36.4 Å². The van der Waals surface area contributed by atoms with Crippen LogP contribution in [0.5, 0.6) is 5.75 Å². The number of ether oxygens (including phenoxy) is 1. The van der Waals surface area contributed by atoms with Crippen LogP contribution >= 0.6 is 0 Å². The maximum atomic E-state index is 5.80. The van der Waals surface area contributed by atoms with Crippen molar-refractivity contribution in [2.24, 2.45) is 0 Å². The first-order valence-electron chi connectivity index (χ1n) is 5.99. The van der Waals surface area contributed by atoms with Crippen LogP contribution in [-0.4, -0.2) is 11.2 Å². The van der Waals surface area contributed by atoms with Crippen molar-refractivity contribution in [3.05, 3.63) is 53.3 Å². The summed E-state index contributed by atoms with van der Waals surface area (Å²) in [5.74, 6) is 0.981. The fourth-order valence-corrected chi connectivity index (χ4v) is 2.02. The summed E-state index contributed by atoms with van der Waals surface area (Å²) in [5, 5.41) is 0. The summed E-state index contributed by atoms with van der Waals surface area (Å²) >= 11 is 0. The van der Waals surface area contributed by atoms with Gasteiger partial charge in [0, 0.05) is 11.4 Å². The molecule has 2 nitrogen and oxygen atoms in total. The molecule has 0 aliphatic rings. The van der Waals surface area contributed by atoms with E-state index in [0.29, 0.717) is 6.61 Å². The molecule has 0 bridgehead atoms. The summed E-state index contributed by atoms with van der Waals surface area (Å²) in [6, 6.07) is 12.4. The molecule has 2 rings (SSSR count). The Labute approximate surface area is 103 Å². The van der Waals surface area contributed by atoms with Gasteiger partial charge < -0.3 is 9.30 Å². The highest BCUT2D eigenvalue weighted by Crippen LogP contribution is 2.16. The van der Waals surface area contributed by atoms with Crippen LogP contribution < -0.4 is 4.74 Å². The molecule has 0 unspecified atom stereocenters. The van der Waals surface area contributed by atoms with Crippen LogP contribution in [0.4, 0.5) is 0 Å². The summed E-state index contributed by atoms with van der Waals surface area (Å²) in [5.41, 5.74) is 3.76. The quantitative estimate of drug-likeness (QED) is 0.782. The summed E-state index contributed by atoms with van der Waals surface area (Å²) in [6.45, 7) is 7.93. The van der Waals surface area contributed by atoms with Crippen LogP contribution in [0.2, 0.25) is 0 Å². The Morgan fingerprint density at radius 2 is 1.59 bits per heavy atom. The molecule has 1 heterocycles. The van der Waals surface area contributed by atoms with Crippen molar-refractivity contribution in [3.63, 3.8) is 0 Å². The molecule has 0 radical (unpaired) electrons. The Bertz CT molecular complexity index is 480. The van der Waals surface area contributed by atoms with E-state index in [0.717, 1.165) is 12.3 Å². The highest BCUT2D eigenvalue weighted by Gasteiger charge is 2.02. The van der Waals surface area contributed by atoms with Crippen molar-refractivity contribution in [1.29, 1.82) is 0 Å². The fraction of sp³-hybridized carbons (Fsp3) is 0.333. The zero-order chi connectivity index (χ0) is 12.3. The average Bonchev–Trinajstić information content (AvgIpc) is 2.63. The summed E-state index contributed by atoms with van der Waals surface area (Å²) in [7, 11) is 0. The van der Waals surface area contributed by atoms with Gasteiger partial charge in [-0.2, -0.15) is 0 Å². The van der Waals surface area contributed by atoms with Gasteiger partial charge in [0.05, 0.1) is 6.54 Å². The van der Waals surface area contributed by atoms with E-state index < -0.39 is 0 Å². The number of benzene rings is 1. The number of hydrogen-bond acceptors (Lipinski definition) is 1. The minimum absolute atomic E-state index is 0.710. The Morgan fingerprint density at radius 3 is 2.24 bits per heavy atom. The molecule has 90 valence electrons.